The number of amides is 2. The van der Waals surface area contributed by atoms with Crippen molar-refractivity contribution in [2.24, 2.45) is 5.73 Å². The Bertz CT molecular complexity index is 783. The first-order valence-corrected chi connectivity index (χ1v) is 8.51. The van der Waals surface area contributed by atoms with Crippen molar-refractivity contribution in [2.75, 3.05) is 18.2 Å². The molecule has 8 heteroatoms. The first-order chi connectivity index (χ1) is 11.9. The van der Waals surface area contributed by atoms with E-state index in [0.29, 0.717) is 34.1 Å². The maximum Gasteiger partial charge on any atom is 0.341 e. The van der Waals surface area contributed by atoms with Crippen LogP contribution in [0, 0.1) is 6.92 Å². The highest BCUT2D eigenvalue weighted by Crippen LogP contribution is 2.20. The summed E-state index contributed by atoms with van der Waals surface area (Å²) in [6.07, 6.45) is 0. The molecule has 2 aromatic rings. The van der Waals surface area contributed by atoms with Crippen LogP contribution >= 0.6 is 11.8 Å². The molecule has 0 bridgehead atoms. The van der Waals surface area contributed by atoms with Crippen LogP contribution in [0.1, 0.15) is 32.2 Å². The minimum absolute atomic E-state index is 0.187. The standard InChI is InChI=1S/C17H18N2O5S/c1-10-14(17(22)23-2)7-13(24-10)8-25-9-15(20)19-12-5-3-11(4-6-12)16(18)21/h3-7H,8-9H2,1-2H3,(H2,18,21)(H,19,20). The summed E-state index contributed by atoms with van der Waals surface area (Å²) in [4.78, 5) is 34.4. The van der Waals surface area contributed by atoms with E-state index in [0.717, 1.165) is 0 Å². The van der Waals surface area contributed by atoms with E-state index in [4.69, 9.17) is 10.2 Å². The summed E-state index contributed by atoms with van der Waals surface area (Å²) < 4.78 is 10.1. The highest BCUT2D eigenvalue weighted by Gasteiger charge is 2.15. The second kappa shape index (κ2) is 8.39. The van der Waals surface area contributed by atoms with E-state index in [9.17, 15) is 14.4 Å². The monoisotopic (exact) mass is 362 g/mol. The topological polar surface area (TPSA) is 112 Å². The van der Waals surface area contributed by atoms with Crippen molar-refractivity contribution < 1.29 is 23.5 Å². The van der Waals surface area contributed by atoms with Crippen molar-refractivity contribution in [3.05, 3.63) is 53.0 Å². The number of carbonyl (C=O) groups excluding carboxylic acids is 3. The van der Waals surface area contributed by atoms with Crippen molar-refractivity contribution in [2.45, 2.75) is 12.7 Å². The lowest BCUT2D eigenvalue weighted by Crippen LogP contribution is -2.15. The molecule has 0 aliphatic rings. The van der Waals surface area contributed by atoms with Crippen LogP contribution in [-0.2, 0) is 15.3 Å². The number of rotatable bonds is 7. The molecule has 1 heterocycles. The summed E-state index contributed by atoms with van der Waals surface area (Å²) in [7, 11) is 1.31. The summed E-state index contributed by atoms with van der Waals surface area (Å²) in [5.41, 5.74) is 6.50. The van der Waals surface area contributed by atoms with E-state index in [2.05, 4.69) is 10.1 Å². The van der Waals surface area contributed by atoms with Crippen LogP contribution < -0.4 is 11.1 Å². The molecule has 0 fully saturated rings. The first kappa shape index (κ1) is 18.6. The zero-order valence-corrected chi connectivity index (χ0v) is 14.6. The van der Waals surface area contributed by atoms with Gasteiger partial charge < -0.3 is 20.2 Å². The molecule has 132 valence electrons. The Labute approximate surface area is 148 Å². The third kappa shape index (κ3) is 5.12. The van der Waals surface area contributed by atoms with Crippen LogP contribution in [0.3, 0.4) is 0 Å². The van der Waals surface area contributed by atoms with Gasteiger partial charge in [-0.25, -0.2) is 4.79 Å². The molecule has 2 rings (SSSR count). The molecule has 0 aliphatic carbocycles. The summed E-state index contributed by atoms with van der Waals surface area (Å²) in [5.74, 6) is 0.593. The van der Waals surface area contributed by atoms with E-state index >= 15 is 0 Å². The molecular formula is C17H18N2O5S. The van der Waals surface area contributed by atoms with E-state index in [1.54, 1.807) is 37.3 Å². The van der Waals surface area contributed by atoms with Crippen LogP contribution in [0.2, 0.25) is 0 Å². The Hall–Kier alpha value is -2.74. The summed E-state index contributed by atoms with van der Waals surface area (Å²) in [5, 5.41) is 2.72. The van der Waals surface area contributed by atoms with Crippen molar-refractivity contribution >= 4 is 35.2 Å². The third-order valence-corrected chi connectivity index (χ3v) is 4.26. The van der Waals surface area contributed by atoms with Gasteiger partial charge in [0.1, 0.15) is 17.1 Å². The highest BCUT2D eigenvalue weighted by atomic mass is 32.2. The van der Waals surface area contributed by atoms with Crippen molar-refractivity contribution in [1.29, 1.82) is 0 Å². The number of furan rings is 1. The fourth-order valence-corrected chi connectivity index (χ4v) is 2.79. The van der Waals surface area contributed by atoms with Gasteiger partial charge in [-0.1, -0.05) is 0 Å². The average Bonchev–Trinajstić information content (AvgIpc) is 2.95. The largest absolute Gasteiger partial charge is 0.465 e. The number of aryl methyl sites for hydroxylation is 1. The van der Waals surface area contributed by atoms with Gasteiger partial charge in [-0.2, -0.15) is 0 Å². The molecule has 25 heavy (non-hydrogen) atoms. The number of benzene rings is 1. The van der Waals surface area contributed by atoms with Gasteiger partial charge in [0.25, 0.3) is 0 Å². The molecule has 7 nitrogen and oxygen atoms in total. The second-order valence-electron chi connectivity index (χ2n) is 5.16. The second-order valence-corrected chi connectivity index (χ2v) is 6.14. The van der Waals surface area contributed by atoms with Gasteiger partial charge in [0, 0.05) is 11.3 Å². The molecule has 0 spiro atoms. The van der Waals surface area contributed by atoms with Gasteiger partial charge in [0.05, 0.1) is 18.6 Å². The van der Waals surface area contributed by atoms with Crippen molar-refractivity contribution in [3.8, 4) is 0 Å². The number of thioether (sulfide) groups is 1. The van der Waals surface area contributed by atoms with E-state index in [1.165, 1.54) is 18.9 Å². The van der Waals surface area contributed by atoms with Crippen LogP contribution in [0.4, 0.5) is 5.69 Å². The number of hydrogen-bond donors (Lipinski definition) is 2. The highest BCUT2D eigenvalue weighted by molar-refractivity contribution is 7.99. The van der Waals surface area contributed by atoms with Gasteiger partial charge in [-0.05, 0) is 37.3 Å². The zero-order chi connectivity index (χ0) is 18.4. The normalized spacial score (nSPS) is 10.3. The Morgan fingerprint density at radius 2 is 1.92 bits per heavy atom. The molecule has 0 saturated carbocycles. The van der Waals surface area contributed by atoms with Crippen LogP contribution in [0.5, 0.6) is 0 Å². The number of hydrogen-bond acceptors (Lipinski definition) is 6. The van der Waals surface area contributed by atoms with E-state index in [1.807, 2.05) is 0 Å². The molecular weight excluding hydrogens is 344 g/mol. The molecule has 0 atom stereocenters. The van der Waals surface area contributed by atoms with Crippen molar-refractivity contribution in [3.63, 3.8) is 0 Å². The number of carbonyl (C=O) groups is 3. The fraction of sp³-hybridized carbons (Fsp3) is 0.235. The molecule has 1 aromatic heterocycles. The van der Waals surface area contributed by atoms with Gasteiger partial charge >= 0.3 is 5.97 Å². The number of nitrogens with two attached hydrogens (primary N) is 1. The molecule has 0 radical (unpaired) electrons. The molecule has 2 amide bonds. The minimum Gasteiger partial charge on any atom is -0.465 e. The van der Waals surface area contributed by atoms with E-state index in [-0.39, 0.29) is 11.7 Å². The van der Waals surface area contributed by atoms with Crippen LogP contribution in [0.15, 0.2) is 34.7 Å². The SMILES string of the molecule is COC(=O)c1cc(CSCC(=O)Nc2ccc(C(N)=O)cc2)oc1C. The number of primary amides is 1. The Morgan fingerprint density at radius 3 is 2.52 bits per heavy atom. The maximum atomic E-state index is 11.9. The van der Waals surface area contributed by atoms with Crippen molar-refractivity contribution in [1.82, 2.24) is 0 Å². The number of methoxy groups -OCH3 is 1. The molecule has 0 aliphatic heterocycles. The molecule has 3 N–H and O–H groups in total. The number of ether oxygens (including phenoxy) is 1. The minimum atomic E-state index is -0.520. The molecule has 0 unspecified atom stereocenters. The Morgan fingerprint density at radius 1 is 1.24 bits per heavy atom. The zero-order valence-electron chi connectivity index (χ0n) is 13.8. The lowest BCUT2D eigenvalue weighted by Gasteiger charge is -2.05. The summed E-state index contributed by atoms with van der Waals surface area (Å²) >= 11 is 1.35. The number of nitrogens with one attached hydrogen (secondary N) is 1. The third-order valence-electron chi connectivity index (χ3n) is 3.30. The molecule has 0 saturated heterocycles. The average molecular weight is 362 g/mol. The lowest BCUT2D eigenvalue weighted by atomic mass is 10.2. The number of anilines is 1. The number of esters is 1. The van der Waals surface area contributed by atoms with Gasteiger partial charge in [0.2, 0.25) is 11.8 Å². The summed E-state index contributed by atoms with van der Waals surface area (Å²) in [6, 6.07) is 7.94. The first-order valence-electron chi connectivity index (χ1n) is 7.35. The lowest BCUT2D eigenvalue weighted by molar-refractivity contribution is -0.113. The van der Waals surface area contributed by atoms with Crippen LogP contribution in [0.25, 0.3) is 0 Å². The quantitative estimate of drug-likeness (QED) is 0.731. The smallest absolute Gasteiger partial charge is 0.341 e. The summed E-state index contributed by atoms with van der Waals surface area (Å²) in [6.45, 7) is 1.68. The predicted molar refractivity (Wildman–Crippen MR) is 94.5 cm³/mol. The van der Waals surface area contributed by atoms with Gasteiger partial charge in [-0.3, -0.25) is 9.59 Å². The Balaban J connectivity index is 1.82. The molecule has 1 aromatic carbocycles. The van der Waals surface area contributed by atoms with Crippen LogP contribution in [-0.4, -0.2) is 30.6 Å². The van der Waals surface area contributed by atoms with Gasteiger partial charge in [0.15, 0.2) is 0 Å². The fourth-order valence-electron chi connectivity index (χ4n) is 2.09. The predicted octanol–water partition coefficient (Wildman–Crippen LogP) is 2.35. The van der Waals surface area contributed by atoms with E-state index < -0.39 is 11.9 Å². The maximum absolute atomic E-state index is 11.9. The Kier molecular flexibility index (Phi) is 6.24. The van der Waals surface area contributed by atoms with Gasteiger partial charge in [-0.15, -0.1) is 11.8 Å².